The van der Waals surface area contributed by atoms with Crippen LogP contribution in [0.15, 0.2) is 30.3 Å². The van der Waals surface area contributed by atoms with Crippen LogP contribution in [0.1, 0.15) is 45.6 Å². The Balaban J connectivity index is 1.98. The van der Waals surface area contributed by atoms with Gasteiger partial charge in [-0.3, -0.25) is 14.5 Å². The summed E-state index contributed by atoms with van der Waals surface area (Å²) in [5, 5.41) is 0. The van der Waals surface area contributed by atoms with E-state index in [1.165, 1.54) is 5.56 Å². The largest absolute Gasteiger partial charge is 0.369 e. The van der Waals surface area contributed by atoms with Gasteiger partial charge in [-0.2, -0.15) is 0 Å². The van der Waals surface area contributed by atoms with Crippen LogP contribution in [0.4, 0.5) is 0 Å². The van der Waals surface area contributed by atoms with E-state index in [1.54, 1.807) is 0 Å². The van der Waals surface area contributed by atoms with Crippen molar-refractivity contribution in [1.82, 2.24) is 9.80 Å². The molecule has 5 nitrogen and oxygen atoms in total. The van der Waals surface area contributed by atoms with E-state index < -0.39 is 0 Å². The van der Waals surface area contributed by atoms with Crippen molar-refractivity contribution in [3.63, 3.8) is 0 Å². The molecule has 5 heteroatoms. The van der Waals surface area contributed by atoms with Crippen LogP contribution < -0.4 is 5.73 Å². The molecule has 27 heavy (non-hydrogen) atoms. The molecular weight excluding hydrogens is 338 g/mol. The Kier molecular flexibility index (Phi) is 8.29. The zero-order valence-corrected chi connectivity index (χ0v) is 17.1. The van der Waals surface area contributed by atoms with Crippen LogP contribution in [0, 0.1) is 17.8 Å². The Morgan fingerprint density at radius 3 is 2.19 bits per heavy atom. The van der Waals surface area contributed by atoms with Crippen molar-refractivity contribution in [2.45, 2.75) is 46.6 Å². The summed E-state index contributed by atoms with van der Waals surface area (Å²) in [5.41, 5.74) is 6.95. The molecule has 150 valence electrons. The first-order chi connectivity index (χ1) is 12.9. The number of carbonyl (C=O) groups is 2. The molecule has 2 unspecified atom stereocenters. The van der Waals surface area contributed by atoms with Crippen molar-refractivity contribution in [3.05, 3.63) is 35.9 Å². The molecule has 0 radical (unpaired) electrons. The molecule has 2 N–H and O–H groups in total. The molecule has 2 amide bonds. The standard InChI is InChI=1S/C22H35N3O2/c1-4-8-19(21(23)26)20(15-17(2)3)22(27)25-13-11-24(12-14-25)16-18-9-6-5-7-10-18/h5-7,9-10,17,19-20H,4,8,11-16H2,1-3H3,(H2,23,26). The molecule has 1 aliphatic rings. The first kappa shape index (κ1) is 21.4. The highest BCUT2D eigenvalue weighted by atomic mass is 16.2. The molecule has 1 aromatic rings. The lowest BCUT2D eigenvalue weighted by atomic mass is 9.81. The van der Waals surface area contributed by atoms with E-state index in [1.807, 2.05) is 17.9 Å². The van der Waals surface area contributed by atoms with Crippen LogP contribution in [-0.2, 0) is 16.1 Å². The molecule has 1 heterocycles. The summed E-state index contributed by atoms with van der Waals surface area (Å²) in [4.78, 5) is 29.5. The topological polar surface area (TPSA) is 66.6 Å². The minimum absolute atomic E-state index is 0.111. The van der Waals surface area contributed by atoms with Gasteiger partial charge in [0.1, 0.15) is 0 Å². The van der Waals surface area contributed by atoms with Crippen LogP contribution >= 0.6 is 0 Å². The number of carbonyl (C=O) groups excluding carboxylic acids is 2. The fraction of sp³-hybridized carbons (Fsp3) is 0.636. The Morgan fingerprint density at radius 1 is 1.04 bits per heavy atom. The van der Waals surface area contributed by atoms with Gasteiger partial charge < -0.3 is 10.6 Å². The van der Waals surface area contributed by atoms with Gasteiger partial charge in [-0.1, -0.05) is 57.5 Å². The van der Waals surface area contributed by atoms with Gasteiger partial charge in [-0.05, 0) is 24.3 Å². The molecule has 2 rings (SSSR count). The summed E-state index contributed by atoms with van der Waals surface area (Å²) in [6, 6.07) is 10.4. The molecule has 0 aromatic heterocycles. The van der Waals surface area contributed by atoms with E-state index in [9.17, 15) is 9.59 Å². The van der Waals surface area contributed by atoms with E-state index in [2.05, 4.69) is 43.0 Å². The fourth-order valence-electron chi connectivity index (χ4n) is 4.00. The molecule has 2 atom stereocenters. The van der Waals surface area contributed by atoms with Crippen molar-refractivity contribution in [1.29, 1.82) is 0 Å². The van der Waals surface area contributed by atoms with Crippen molar-refractivity contribution in [2.75, 3.05) is 26.2 Å². The van der Waals surface area contributed by atoms with Gasteiger partial charge in [-0.25, -0.2) is 0 Å². The molecular formula is C22H35N3O2. The molecule has 0 saturated carbocycles. The van der Waals surface area contributed by atoms with Gasteiger partial charge in [0.2, 0.25) is 11.8 Å². The Hall–Kier alpha value is -1.88. The number of amides is 2. The van der Waals surface area contributed by atoms with Crippen molar-refractivity contribution >= 4 is 11.8 Å². The summed E-state index contributed by atoms with van der Waals surface area (Å²) >= 11 is 0. The maximum Gasteiger partial charge on any atom is 0.226 e. The SMILES string of the molecule is CCCC(C(N)=O)C(CC(C)C)C(=O)N1CCN(Cc2ccccc2)CC1. The first-order valence-corrected chi connectivity index (χ1v) is 10.3. The van der Waals surface area contributed by atoms with Crippen LogP contribution in [0.2, 0.25) is 0 Å². The smallest absolute Gasteiger partial charge is 0.226 e. The zero-order chi connectivity index (χ0) is 19.8. The van der Waals surface area contributed by atoms with Gasteiger partial charge in [0.25, 0.3) is 0 Å². The van der Waals surface area contributed by atoms with E-state index in [0.29, 0.717) is 12.3 Å². The lowest BCUT2D eigenvalue weighted by molar-refractivity contribution is -0.143. The molecule has 0 aliphatic carbocycles. The third kappa shape index (κ3) is 6.35. The predicted octanol–water partition coefficient (Wildman–Crippen LogP) is 2.89. The second kappa shape index (κ2) is 10.5. The summed E-state index contributed by atoms with van der Waals surface area (Å²) in [6.07, 6.45) is 2.27. The second-order valence-electron chi connectivity index (χ2n) is 8.12. The molecule has 1 saturated heterocycles. The maximum absolute atomic E-state index is 13.2. The molecule has 1 fully saturated rings. The third-order valence-corrected chi connectivity index (χ3v) is 5.43. The number of hydrogen-bond donors (Lipinski definition) is 1. The highest BCUT2D eigenvalue weighted by Gasteiger charge is 2.35. The number of nitrogens with two attached hydrogens (primary N) is 1. The molecule has 0 spiro atoms. The first-order valence-electron chi connectivity index (χ1n) is 10.3. The quantitative estimate of drug-likeness (QED) is 0.724. The van der Waals surface area contributed by atoms with E-state index in [4.69, 9.17) is 5.73 Å². The maximum atomic E-state index is 13.2. The Bertz CT molecular complexity index is 595. The summed E-state index contributed by atoms with van der Waals surface area (Å²) in [6.45, 7) is 10.3. The van der Waals surface area contributed by atoms with E-state index >= 15 is 0 Å². The fourth-order valence-corrected chi connectivity index (χ4v) is 4.00. The van der Waals surface area contributed by atoms with Crippen LogP contribution in [0.5, 0.6) is 0 Å². The number of benzene rings is 1. The molecule has 1 aliphatic heterocycles. The lowest BCUT2D eigenvalue weighted by Crippen LogP contribution is -2.52. The number of piperazine rings is 1. The van der Waals surface area contributed by atoms with E-state index in [0.717, 1.165) is 45.6 Å². The van der Waals surface area contributed by atoms with Crippen LogP contribution in [0.25, 0.3) is 0 Å². The normalized spacial score (nSPS) is 17.7. The van der Waals surface area contributed by atoms with Gasteiger partial charge in [-0.15, -0.1) is 0 Å². The second-order valence-corrected chi connectivity index (χ2v) is 8.12. The summed E-state index contributed by atoms with van der Waals surface area (Å²) < 4.78 is 0. The lowest BCUT2D eigenvalue weighted by Gasteiger charge is -2.38. The number of hydrogen-bond acceptors (Lipinski definition) is 3. The zero-order valence-electron chi connectivity index (χ0n) is 17.1. The third-order valence-electron chi connectivity index (χ3n) is 5.43. The van der Waals surface area contributed by atoms with Gasteiger partial charge in [0.15, 0.2) is 0 Å². The minimum Gasteiger partial charge on any atom is -0.369 e. The van der Waals surface area contributed by atoms with Gasteiger partial charge >= 0.3 is 0 Å². The van der Waals surface area contributed by atoms with Gasteiger partial charge in [0, 0.05) is 44.6 Å². The number of nitrogens with zero attached hydrogens (tertiary/aromatic N) is 2. The highest BCUT2D eigenvalue weighted by molar-refractivity contribution is 5.87. The summed E-state index contributed by atoms with van der Waals surface area (Å²) in [7, 11) is 0. The number of primary amides is 1. The van der Waals surface area contributed by atoms with Crippen molar-refractivity contribution in [3.8, 4) is 0 Å². The Morgan fingerprint density at radius 2 is 1.67 bits per heavy atom. The average Bonchev–Trinajstić information content (AvgIpc) is 2.65. The van der Waals surface area contributed by atoms with Gasteiger partial charge in [0.05, 0.1) is 0 Å². The van der Waals surface area contributed by atoms with Crippen molar-refractivity contribution < 1.29 is 9.59 Å². The minimum atomic E-state index is -0.354. The van der Waals surface area contributed by atoms with E-state index in [-0.39, 0.29) is 23.7 Å². The average molecular weight is 374 g/mol. The monoisotopic (exact) mass is 373 g/mol. The van der Waals surface area contributed by atoms with Crippen LogP contribution in [0.3, 0.4) is 0 Å². The van der Waals surface area contributed by atoms with Crippen LogP contribution in [-0.4, -0.2) is 47.8 Å². The predicted molar refractivity (Wildman–Crippen MR) is 109 cm³/mol. The highest BCUT2D eigenvalue weighted by Crippen LogP contribution is 2.27. The molecule has 1 aromatic carbocycles. The number of rotatable bonds is 9. The Labute approximate surface area is 163 Å². The molecule has 0 bridgehead atoms. The summed E-state index contributed by atoms with van der Waals surface area (Å²) in [5.74, 6) is -0.508. The van der Waals surface area contributed by atoms with Crippen molar-refractivity contribution in [2.24, 2.45) is 23.5 Å².